The van der Waals surface area contributed by atoms with E-state index >= 15 is 0 Å². The smallest absolute Gasteiger partial charge is 0.274 e. The molecule has 1 saturated heterocycles. The summed E-state index contributed by atoms with van der Waals surface area (Å²) in [6, 6.07) is 11.8. The first-order chi connectivity index (χ1) is 13.7. The van der Waals surface area contributed by atoms with Crippen LogP contribution in [0, 0.1) is 6.92 Å². The van der Waals surface area contributed by atoms with Crippen molar-refractivity contribution in [1.82, 2.24) is 15.7 Å². The Morgan fingerprint density at radius 3 is 2.79 bits per heavy atom. The minimum Gasteiger partial charge on any atom is -0.378 e. The van der Waals surface area contributed by atoms with Crippen LogP contribution in [0.15, 0.2) is 42.6 Å². The summed E-state index contributed by atoms with van der Waals surface area (Å²) in [4.78, 5) is 19.0. The van der Waals surface area contributed by atoms with Gasteiger partial charge in [0.1, 0.15) is 0 Å². The summed E-state index contributed by atoms with van der Waals surface area (Å²) < 4.78 is 5.44. The second-order valence-corrected chi connectivity index (χ2v) is 6.73. The minimum atomic E-state index is -0.273. The van der Waals surface area contributed by atoms with Crippen molar-refractivity contribution in [3.8, 4) is 11.1 Å². The first-order valence-electron chi connectivity index (χ1n) is 9.20. The van der Waals surface area contributed by atoms with Crippen LogP contribution >= 0.6 is 0 Å². The predicted molar refractivity (Wildman–Crippen MR) is 107 cm³/mol. The van der Waals surface area contributed by atoms with Crippen molar-refractivity contribution < 1.29 is 14.4 Å². The molecule has 7 heteroatoms. The lowest BCUT2D eigenvalue weighted by molar-refractivity contribution is 0.0537. The predicted octanol–water partition coefficient (Wildman–Crippen LogP) is 2.73. The van der Waals surface area contributed by atoms with Gasteiger partial charge in [-0.1, -0.05) is 12.1 Å². The van der Waals surface area contributed by atoms with E-state index in [1.807, 2.05) is 19.1 Å². The molecule has 0 unspecified atom stereocenters. The Morgan fingerprint density at radius 2 is 2.00 bits per heavy atom. The lowest BCUT2D eigenvalue weighted by Gasteiger charge is -2.28. The van der Waals surface area contributed by atoms with Gasteiger partial charge in [-0.3, -0.25) is 9.63 Å². The van der Waals surface area contributed by atoms with Crippen LogP contribution < -0.4 is 10.4 Å². The number of carbonyl (C=O) groups is 1. The van der Waals surface area contributed by atoms with E-state index < -0.39 is 0 Å². The largest absolute Gasteiger partial charge is 0.378 e. The van der Waals surface area contributed by atoms with Crippen LogP contribution in [0.25, 0.3) is 21.9 Å². The van der Waals surface area contributed by atoms with Gasteiger partial charge >= 0.3 is 0 Å². The van der Waals surface area contributed by atoms with Gasteiger partial charge in [0.2, 0.25) is 0 Å². The Labute approximate surface area is 163 Å². The zero-order valence-corrected chi connectivity index (χ0v) is 15.9. The SMILES string of the molecule is CONC(=O)c1ccc(C)c(-c2ccc3c(N4CCOCC4)nncc3c2)c1. The Bertz CT molecular complexity index is 1020. The first-order valence-corrected chi connectivity index (χ1v) is 9.20. The first kappa shape index (κ1) is 18.3. The molecule has 0 bridgehead atoms. The summed E-state index contributed by atoms with van der Waals surface area (Å²) in [5.41, 5.74) is 6.01. The van der Waals surface area contributed by atoms with Gasteiger partial charge in [-0.25, -0.2) is 5.48 Å². The molecule has 2 aromatic carbocycles. The van der Waals surface area contributed by atoms with E-state index in [2.05, 4.69) is 38.8 Å². The highest BCUT2D eigenvalue weighted by molar-refractivity contribution is 5.97. The summed E-state index contributed by atoms with van der Waals surface area (Å²) >= 11 is 0. The van der Waals surface area contributed by atoms with E-state index in [0.29, 0.717) is 18.8 Å². The lowest BCUT2D eigenvalue weighted by atomic mass is 9.96. The normalized spacial score (nSPS) is 14.3. The molecule has 28 heavy (non-hydrogen) atoms. The third kappa shape index (κ3) is 3.54. The fourth-order valence-electron chi connectivity index (χ4n) is 3.47. The number of amides is 1. The second kappa shape index (κ2) is 7.92. The molecular formula is C21H22N4O3. The molecule has 3 aromatic rings. The third-order valence-corrected chi connectivity index (χ3v) is 4.96. The van der Waals surface area contributed by atoms with Crippen LogP contribution in [0.3, 0.4) is 0 Å². The number of nitrogens with zero attached hydrogens (tertiary/aromatic N) is 3. The van der Waals surface area contributed by atoms with Crippen LogP contribution in [0.1, 0.15) is 15.9 Å². The van der Waals surface area contributed by atoms with Crippen molar-refractivity contribution in [1.29, 1.82) is 0 Å². The highest BCUT2D eigenvalue weighted by Gasteiger charge is 2.16. The molecule has 1 amide bonds. The van der Waals surface area contributed by atoms with E-state index in [1.54, 1.807) is 12.3 Å². The van der Waals surface area contributed by atoms with Crippen molar-refractivity contribution in [2.45, 2.75) is 6.92 Å². The van der Waals surface area contributed by atoms with Crippen LogP contribution in [-0.4, -0.2) is 49.5 Å². The van der Waals surface area contributed by atoms with Crippen LogP contribution in [-0.2, 0) is 9.57 Å². The van der Waals surface area contributed by atoms with Gasteiger partial charge in [-0.05, 0) is 47.9 Å². The quantitative estimate of drug-likeness (QED) is 0.704. The van der Waals surface area contributed by atoms with E-state index in [0.717, 1.165) is 46.4 Å². The second-order valence-electron chi connectivity index (χ2n) is 6.73. The Balaban J connectivity index is 1.74. The van der Waals surface area contributed by atoms with Gasteiger partial charge in [0, 0.05) is 29.4 Å². The third-order valence-electron chi connectivity index (χ3n) is 4.96. The molecule has 0 spiro atoms. The molecule has 2 heterocycles. The average molecular weight is 378 g/mol. The maximum atomic E-state index is 12.1. The minimum absolute atomic E-state index is 0.273. The standard InChI is InChI=1S/C21H22N4O3/c1-14-3-4-16(21(26)24-27-2)12-19(14)15-5-6-18-17(11-15)13-22-23-20(18)25-7-9-28-10-8-25/h3-6,11-13H,7-10H2,1-2H3,(H,24,26). The van der Waals surface area contributed by atoms with Gasteiger partial charge in [0.15, 0.2) is 5.82 Å². The fraction of sp³-hybridized carbons (Fsp3) is 0.286. The number of hydrogen-bond acceptors (Lipinski definition) is 6. The number of anilines is 1. The number of hydroxylamine groups is 1. The summed E-state index contributed by atoms with van der Waals surface area (Å²) in [5.74, 6) is 0.613. The summed E-state index contributed by atoms with van der Waals surface area (Å²) in [5, 5.41) is 10.6. The number of fused-ring (bicyclic) bond motifs is 1. The number of aryl methyl sites for hydroxylation is 1. The maximum Gasteiger partial charge on any atom is 0.274 e. The number of aromatic nitrogens is 2. The zero-order valence-electron chi connectivity index (χ0n) is 15.9. The summed E-state index contributed by atoms with van der Waals surface area (Å²) in [6.45, 7) is 5.05. The average Bonchev–Trinajstić information content (AvgIpc) is 2.74. The van der Waals surface area contributed by atoms with Crippen molar-refractivity contribution in [2.24, 2.45) is 0 Å². The van der Waals surface area contributed by atoms with Crippen LogP contribution in [0.2, 0.25) is 0 Å². The fourth-order valence-corrected chi connectivity index (χ4v) is 3.47. The monoisotopic (exact) mass is 378 g/mol. The van der Waals surface area contributed by atoms with Crippen molar-refractivity contribution in [2.75, 3.05) is 38.3 Å². The van der Waals surface area contributed by atoms with Crippen molar-refractivity contribution in [3.05, 3.63) is 53.7 Å². The summed E-state index contributed by atoms with van der Waals surface area (Å²) in [6.07, 6.45) is 1.78. The molecule has 1 N–H and O–H groups in total. The molecule has 4 rings (SSSR count). The van der Waals surface area contributed by atoms with Gasteiger partial charge in [0.05, 0.1) is 26.5 Å². The molecule has 0 saturated carbocycles. The Morgan fingerprint density at radius 1 is 1.18 bits per heavy atom. The molecule has 1 fully saturated rings. The number of ether oxygens (including phenoxy) is 1. The molecule has 7 nitrogen and oxygen atoms in total. The van der Waals surface area contributed by atoms with Crippen molar-refractivity contribution >= 4 is 22.5 Å². The highest BCUT2D eigenvalue weighted by atomic mass is 16.6. The molecular weight excluding hydrogens is 356 g/mol. The van der Waals surface area contributed by atoms with E-state index in [4.69, 9.17) is 9.57 Å². The molecule has 1 aliphatic rings. The summed E-state index contributed by atoms with van der Waals surface area (Å²) in [7, 11) is 1.42. The maximum absolute atomic E-state index is 12.1. The Hall–Kier alpha value is -3.03. The molecule has 144 valence electrons. The number of carbonyl (C=O) groups excluding carboxylic acids is 1. The zero-order chi connectivity index (χ0) is 19.5. The molecule has 1 aromatic heterocycles. The molecule has 0 atom stereocenters. The lowest BCUT2D eigenvalue weighted by Crippen LogP contribution is -2.37. The number of hydrogen-bond donors (Lipinski definition) is 1. The van der Waals surface area contributed by atoms with E-state index in [9.17, 15) is 4.79 Å². The Kier molecular flexibility index (Phi) is 5.18. The van der Waals surface area contributed by atoms with E-state index in [1.165, 1.54) is 7.11 Å². The van der Waals surface area contributed by atoms with Gasteiger partial charge in [0.25, 0.3) is 5.91 Å². The van der Waals surface area contributed by atoms with Gasteiger partial charge in [-0.2, -0.15) is 5.10 Å². The van der Waals surface area contributed by atoms with Crippen molar-refractivity contribution in [3.63, 3.8) is 0 Å². The number of morpholine rings is 1. The molecule has 0 radical (unpaired) electrons. The van der Waals surface area contributed by atoms with E-state index in [-0.39, 0.29) is 5.91 Å². The molecule has 1 aliphatic heterocycles. The number of nitrogens with one attached hydrogen (secondary N) is 1. The topological polar surface area (TPSA) is 76.6 Å². The molecule has 0 aliphatic carbocycles. The highest BCUT2D eigenvalue weighted by Crippen LogP contribution is 2.31. The van der Waals surface area contributed by atoms with Crippen LogP contribution in [0.5, 0.6) is 0 Å². The number of benzene rings is 2. The van der Waals surface area contributed by atoms with Gasteiger partial charge in [-0.15, -0.1) is 5.10 Å². The number of rotatable bonds is 4. The van der Waals surface area contributed by atoms with Gasteiger partial charge < -0.3 is 9.64 Å². The van der Waals surface area contributed by atoms with Crippen LogP contribution in [0.4, 0.5) is 5.82 Å².